The number of pyridine rings is 2. The highest BCUT2D eigenvalue weighted by molar-refractivity contribution is 5.99. The van der Waals surface area contributed by atoms with E-state index in [1.165, 1.54) is 0 Å². The maximum Gasteiger partial charge on any atom is 0.252 e. The van der Waals surface area contributed by atoms with E-state index in [0.717, 1.165) is 22.0 Å². The van der Waals surface area contributed by atoms with Crippen molar-refractivity contribution >= 4 is 40.4 Å². The summed E-state index contributed by atoms with van der Waals surface area (Å²) in [7, 11) is 0. The second-order valence-electron chi connectivity index (χ2n) is 6.25. The van der Waals surface area contributed by atoms with Crippen LogP contribution >= 0.6 is 0 Å². The first-order valence-electron chi connectivity index (χ1n) is 8.50. The number of nitrogens with one attached hydrogen (secondary N) is 1. The summed E-state index contributed by atoms with van der Waals surface area (Å²) < 4.78 is 14.5. The van der Waals surface area contributed by atoms with E-state index in [2.05, 4.69) is 15.3 Å². The number of fused-ring (bicyclic) bond motifs is 1. The third-order valence-corrected chi connectivity index (χ3v) is 4.25. The highest BCUT2D eigenvalue weighted by Gasteiger charge is 2.21. The Morgan fingerprint density at radius 2 is 2.14 bits per heavy atom. The first-order chi connectivity index (χ1) is 13.4. The van der Waals surface area contributed by atoms with Crippen LogP contribution in [-0.2, 0) is 4.79 Å². The fraction of sp³-hybridized carbons (Fsp3) is 0.158. The van der Waals surface area contributed by atoms with Gasteiger partial charge >= 0.3 is 0 Å². The number of carbonyl (C=O) groups is 2. The minimum Gasteiger partial charge on any atom is -0.365 e. The highest BCUT2D eigenvalue weighted by atomic mass is 19.1. The maximum absolute atomic E-state index is 14.5. The van der Waals surface area contributed by atoms with Crippen LogP contribution in [0.1, 0.15) is 23.7 Å². The van der Waals surface area contributed by atoms with Gasteiger partial charge in [0.15, 0.2) is 11.6 Å². The second-order valence-corrected chi connectivity index (χ2v) is 6.25. The highest BCUT2D eigenvalue weighted by Crippen LogP contribution is 2.27. The number of hydrogen-bond acceptors (Lipinski definition) is 7. The number of nitrogens with two attached hydrogens (primary N) is 2. The lowest BCUT2D eigenvalue weighted by Crippen LogP contribution is -2.41. The molecule has 0 spiro atoms. The fourth-order valence-corrected chi connectivity index (χ4v) is 2.70. The van der Waals surface area contributed by atoms with Crippen LogP contribution in [0.25, 0.3) is 10.9 Å². The van der Waals surface area contributed by atoms with Crippen LogP contribution < -0.4 is 21.9 Å². The van der Waals surface area contributed by atoms with E-state index in [4.69, 9.17) is 11.6 Å². The standard InChI is InChI=1S/C19H19FN6O2/c1-11(6-8-27)26(22)19-15(20)10-14(17(21)28)18(25-19)24-13-4-5-16-12(9-13)3-2-7-23-16/h2-5,7-11H,6,22H2,1H3,(H2,21,28)(H,24,25)/t11-/m1/s1. The number of rotatable bonds is 7. The van der Waals surface area contributed by atoms with E-state index in [9.17, 15) is 14.0 Å². The molecule has 3 rings (SSSR count). The summed E-state index contributed by atoms with van der Waals surface area (Å²) in [5.41, 5.74) is 6.66. The normalized spacial score (nSPS) is 11.8. The first-order valence-corrected chi connectivity index (χ1v) is 8.50. The quantitative estimate of drug-likeness (QED) is 0.325. The van der Waals surface area contributed by atoms with Gasteiger partial charge in [0.2, 0.25) is 0 Å². The zero-order chi connectivity index (χ0) is 20.3. The number of carbonyl (C=O) groups excluding carboxylic acids is 2. The molecule has 0 radical (unpaired) electrons. The Morgan fingerprint density at radius 1 is 1.36 bits per heavy atom. The molecule has 8 nitrogen and oxygen atoms in total. The summed E-state index contributed by atoms with van der Waals surface area (Å²) in [5.74, 6) is 4.10. The van der Waals surface area contributed by atoms with E-state index in [-0.39, 0.29) is 23.6 Å². The maximum atomic E-state index is 14.5. The van der Waals surface area contributed by atoms with E-state index >= 15 is 0 Å². The van der Waals surface area contributed by atoms with Crippen LogP contribution in [0.4, 0.5) is 21.7 Å². The zero-order valence-electron chi connectivity index (χ0n) is 15.1. The number of hydrazine groups is 1. The molecular formula is C19H19FN6O2. The molecule has 1 atom stereocenters. The van der Waals surface area contributed by atoms with Gasteiger partial charge in [-0.3, -0.25) is 14.8 Å². The molecule has 0 aliphatic carbocycles. The smallest absolute Gasteiger partial charge is 0.252 e. The van der Waals surface area contributed by atoms with Crippen molar-refractivity contribution in [3.8, 4) is 0 Å². The van der Waals surface area contributed by atoms with Gasteiger partial charge in [-0.2, -0.15) is 0 Å². The average molecular weight is 382 g/mol. The monoisotopic (exact) mass is 382 g/mol. The van der Waals surface area contributed by atoms with Crippen LogP contribution in [0.5, 0.6) is 0 Å². The molecule has 0 unspecified atom stereocenters. The summed E-state index contributed by atoms with van der Waals surface area (Å²) >= 11 is 0. The Labute approximate surface area is 160 Å². The Bertz CT molecular complexity index is 1040. The van der Waals surface area contributed by atoms with Gasteiger partial charge in [0.05, 0.1) is 17.1 Å². The summed E-state index contributed by atoms with van der Waals surface area (Å²) in [5, 5.41) is 4.90. The fourth-order valence-electron chi connectivity index (χ4n) is 2.70. The van der Waals surface area contributed by atoms with Crippen LogP contribution in [0.15, 0.2) is 42.6 Å². The number of hydrogen-bond donors (Lipinski definition) is 3. The van der Waals surface area contributed by atoms with Gasteiger partial charge in [-0.15, -0.1) is 0 Å². The van der Waals surface area contributed by atoms with Gasteiger partial charge < -0.3 is 15.8 Å². The summed E-state index contributed by atoms with van der Waals surface area (Å²) in [4.78, 5) is 30.9. The SMILES string of the molecule is C[C@H](CC=O)N(N)c1nc(Nc2ccc3ncccc3c2)c(C(N)=O)cc1F. The summed E-state index contributed by atoms with van der Waals surface area (Å²) in [6.45, 7) is 1.65. The molecular weight excluding hydrogens is 363 g/mol. The van der Waals surface area contributed by atoms with E-state index in [1.807, 2.05) is 12.1 Å². The largest absolute Gasteiger partial charge is 0.365 e. The number of nitrogens with zero attached hydrogens (tertiary/aromatic N) is 3. The van der Waals surface area contributed by atoms with Crippen molar-refractivity contribution in [2.75, 3.05) is 10.3 Å². The molecule has 144 valence electrons. The van der Waals surface area contributed by atoms with Gasteiger partial charge in [0, 0.05) is 23.7 Å². The molecule has 28 heavy (non-hydrogen) atoms. The van der Waals surface area contributed by atoms with E-state index in [1.54, 1.807) is 31.3 Å². The van der Waals surface area contributed by atoms with Crippen molar-refractivity contribution in [1.29, 1.82) is 0 Å². The lowest BCUT2D eigenvalue weighted by Gasteiger charge is -2.25. The lowest BCUT2D eigenvalue weighted by molar-refractivity contribution is -0.108. The molecule has 2 heterocycles. The van der Waals surface area contributed by atoms with E-state index < -0.39 is 17.8 Å². The number of benzene rings is 1. The minimum atomic E-state index is -0.840. The number of aldehydes is 1. The van der Waals surface area contributed by atoms with Crippen molar-refractivity contribution in [2.45, 2.75) is 19.4 Å². The molecule has 9 heteroatoms. The molecule has 2 aromatic heterocycles. The summed E-state index contributed by atoms with van der Waals surface area (Å²) in [6.07, 6.45) is 2.46. The molecule has 3 aromatic rings. The molecule has 5 N–H and O–H groups in total. The molecule has 0 aliphatic rings. The Balaban J connectivity index is 2.02. The van der Waals surface area contributed by atoms with E-state index in [0.29, 0.717) is 12.0 Å². The third-order valence-electron chi connectivity index (χ3n) is 4.25. The van der Waals surface area contributed by atoms with Crippen LogP contribution in [-0.4, -0.2) is 28.2 Å². The van der Waals surface area contributed by atoms with Crippen molar-refractivity contribution in [1.82, 2.24) is 9.97 Å². The molecule has 0 bridgehead atoms. The second kappa shape index (κ2) is 7.97. The third kappa shape index (κ3) is 3.89. The number of aromatic nitrogens is 2. The predicted molar refractivity (Wildman–Crippen MR) is 105 cm³/mol. The van der Waals surface area contributed by atoms with Gasteiger partial charge in [-0.05, 0) is 37.3 Å². The Kier molecular flexibility index (Phi) is 5.46. The number of anilines is 3. The predicted octanol–water partition coefficient (Wildman–Crippen LogP) is 2.27. The molecule has 0 fully saturated rings. The zero-order valence-corrected chi connectivity index (χ0v) is 15.1. The topological polar surface area (TPSA) is 127 Å². The van der Waals surface area contributed by atoms with Crippen LogP contribution in [0.2, 0.25) is 0 Å². The summed E-state index contributed by atoms with van der Waals surface area (Å²) in [6, 6.07) is 9.53. The minimum absolute atomic E-state index is 0.0564. The molecule has 1 amide bonds. The average Bonchev–Trinajstić information content (AvgIpc) is 2.68. The molecule has 1 aromatic carbocycles. The van der Waals surface area contributed by atoms with Crippen molar-refractivity contribution < 1.29 is 14.0 Å². The number of primary amides is 1. The molecule has 0 aliphatic heterocycles. The van der Waals surface area contributed by atoms with Gasteiger partial charge in [-0.25, -0.2) is 15.2 Å². The Hall–Kier alpha value is -3.59. The Morgan fingerprint density at radius 3 is 2.86 bits per heavy atom. The van der Waals surface area contributed by atoms with Crippen LogP contribution in [0.3, 0.4) is 0 Å². The van der Waals surface area contributed by atoms with Crippen LogP contribution in [0, 0.1) is 5.82 Å². The van der Waals surface area contributed by atoms with Gasteiger partial charge in [0.25, 0.3) is 5.91 Å². The number of amides is 1. The van der Waals surface area contributed by atoms with Crippen molar-refractivity contribution in [2.24, 2.45) is 11.6 Å². The van der Waals surface area contributed by atoms with Crippen molar-refractivity contribution in [3.05, 3.63) is 54.0 Å². The number of halogens is 1. The van der Waals surface area contributed by atoms with Crippen molar-refractivity contribution in [3.63, 3.8) is 0 Å². The molecule has 0 saturated heterocycles. The lowest BCUT2D eigenvalue weighted by atomic mass is 10.1. The van der Waals surface area contributed by atoms with Gasteiger partial charge in [-0.1, -0.05) is 6.07 Å². The molecule has 0 saturated carbocycles. The van der Waals surface area contributed by atoms with Gasteiger partial charge in [0.1, 0.15) is 12.1 Å². The first kappa shape index (κ1) is 19.2.